The van der Waals surface area contributed by atoms with Gasteiger partial charge in [0.25, 0.3) is 0 Å². The monoisotopic (exact) mass is 397 g/mol. The lowest BCUT2D eigenvalue weighted by atomic mass is 9.61. The maximum absolute atomic E-state index is 12.0. The van der Waals surface area contributed by atoms with Gasteiger partial charge in [-0.15, -0.1) is 0 Å². The van der Waals surface area contributed by atoms with Crippen LogP contribution in [0.25, 0.3) is 0 Å². The average Bonchev–Trinajstić information content (AvgIpc) is 3.18. The van der Waals surface area contributed by atoms with Crippen LogP contribution in [0.15, 0.2) is 11.1 Å². The van der Waals surface area contributed by atoms with Crippen LogP contribution in [0.3, 0.4) is 0 Å². The molecule has 3 unspecified atom stereocenters. The minimum atomic E-state index is 0.0814. The molecule has 1 N–H and O–H groups in total. The van der Waals surface area contributed by atoms with Crippen LogP contribution in [0.4, 0.5) is 0 Å². The number of fused-ring (bicyclic) bond motifs is 6. The highest BCUT2D eigenvalue weighted by Gasteiger charge is 2.56. The van der Waals surface area contributed by atoms with Gasteiger partial charge in [0, 0.05) is 24.8 Å². The quantitative estimate of drug-likeness (QED) is 0.582. The summed E-state index contributed by atoms with van der Waals surface area (Å²) in [6, 6.07) is 0.572. The number of rotatable bonds is 0. The molecule has 4 aliphatic carbocycles. The first-order valence-electron chi connectivity index (χ1n) is 12.7. The molecule has 2 saturated heterocycles. The molecular formula is C26H39NO2. The van der Waals surface area contributed by atoms with Gasteiger partial charge in [-0.1, -0.05) is 18.1 Å². The van der Waals surface area contributed by atoms with Crippen molar-refractivity contribution in [2.45, 2.75) is 102 Å². The Morgan fingerprint density at radius 1 is 1.03 bits per heavy atom. The second kappa shape index (κ2) is 6.92. The third kappa shape index (κ3) is 2.86. The van der Waals surface area contributed by atoms with Crippen LogP contribution < -0.4 is 5.32 Å². The first-order chi connectivity index (χ1) is 14.1. The summed E-state index contributed by atoms with van der Waals surface area (Å²) in [5.41, 5.74) is 3.59. The van der Waals surface area contributed by atoms with Crippen LogP contribution in [0.2, 0.25) is 0 Å². The fraction of sp³-hybridized carbons (Fsp3) is 0.885. The summed E-state index contributed by atoms with van der Waals surface area (Å²) in [5.74, 6) is 5.28. The minimum absolute atomic E-state index is 0.0814. The molecule has 6 rings (SSSR count). The molecule has 1 spiro atoms. The van der Waals surface area contributed by atoms with E-state index in [1.54, 1.807) is 5.57 Å². The number of hydrogen-bond acceptors (Lipinski definition) is 3. The topological polar surface area (TPSA) is 38.3 Å². The highest BCUT2D eigenvalue weighted by atomic mass is 16.5. The first-order valence-corrected chi connectivity index (χ1v) is 12.7. The molecule has 0 aromatic rings. The SMILES string of the molecule is CC1=C2CC3C4CCC(=O)C[C@H]4CC[C@H]3[C@@H]2CC[C@@]2(C1)O[C@@H]1CCCNC1[C@H]2C. The number of piperidine rings is 1. The molecule has 2 aliphatic heterocycles. The molecule has 3 heteroatoms. The van der Waals surface area contributed by atoms with Crippen molar-refractivity contribution in [3.8, 4) is 0 Å². The van der Waals surface area contributed by atoms with Gasteiger partial charge in [0.1, 0.15) is 5.78 Å². The van der Waals surface area contributed by atoms with E-state index < -0.39 is 0 Å². The van der Waals surface area contributed by atoms with Gasteiger partial charge in [0.2, 0.25) is 0 Å². The second-order valence-electron chi connectivity index (χ2n) is 11.6. The summed E-state index contributed by atoms with van der Waals surface area (Å²) in [4.78, 5) is 12.0. The Bertz CT molecular complexity index is 728. The van der Waals surface area contributed by atoms with E-state index in [0.29, 0.717) is 29.8 Å². The van der Waals surface area contributed by atoms with Crippen LogP contribution in [0.5, 0.6) is 0 Å². The predicted octanol–water partition coefficient (Wildman–Crippen LogP) is 5.04. The minimum Gasteiger partial charge on any atom is -0.369 e. The van der Waals surface area contributed by atoms with Gasteiger partial charge in [-0.25, -0.2) is 0 Å². The first kappa shape index (κ1) is 19.0. The number of carbonyl (C=O) groups is 1. The van der Waals surface area contributed by atoms with Gasteiger partial charge in [0.05, 0.1) is 11.7 Å². The lowest BCUT2D eigenvalue weighted by Crippen LogP contribution is -2.46. The fourth-order valence-corrected chi connectivity index (χ4v) is 9.06. The van der Waals surface area contributed by atoms with Crippen molar-refractivity contribution >= 4 is 5.78 Å². The number of ketones is 1. The molecule has 5 fully saturated rings. The molecule has 3 nitrogen and oxygen atoms in total. The van der Waals surface area contributed by atoms with E-state index in [0.717, 1.165) is 36.5 Å². The predicted molar refractivity (Wildman–Crippen MR) is 115 cm³/mol. The molecule has 9 atom stereocenters. The summed E-state index contributed by atoms with van der Waals surface area (Å²) in [5, 5.41) is 3.80. The molecule has 0 aromatic carbocycles. The zero-order chi connectivity index (χ0) is 19.8. The highest BCUT2D eigenvalue weighted by molar-refractivity contribution is 5.79. The zero-order valence-electron chi connectivity index (χ0n) is 18.4. The van der Waals surface area contributed by atoms with Gasteiger partial charge in [-0.3, -0.25) is 4.79 Å². The average molecular weight is 398 g/mol. The van der Waals surface area contributed by atoms with E-state index in [-0.39, 0.29) is 5.60 Å². The molecule has 0 amide bonds. The largest absolute Gasteiger partial charge is 0.369 e. The smallest absolute Gasteiger partial charge is 0.133 e. The Morgan fingerprint density at radius 3 is 2.79 bits per heavy atom. The van der Waals surface area contributed by atoms with Crippen LogP contribution in [0, 0.1) is 35.5 Å². The molecule has 0 bridgehead atoms. The molecule has 0 radical (unpaired) electrons. The Hall–Kier alpha value is -0.670. The van der Waals surface area contributed by atoms with Crippen LogP contribution >= 0.6 is 0 Å². The lowest BCUT2D eigenvalue weighted by Gasteiger charge is -2.44. The van der Waals surface area contributed by atoms with E-state index in [1.165, 1.54) is 64.3 Å². The Morgan fingerprint density at radius 2 is 1.93 bits per heavy atom. The van der Waals surface area contributed by atoms with Crippen LogP contribution in [-0.2, 0) is 9.53 Å². The van der Waals surface area contributed by atoms with E-state index >= 15 is 0 Å². The summed E-state index contributed by atoms with van der Waals surface area (Å²) < 4.78 is 6.92. The highest BCUT2D eigenvalue weighted by Crippen LogP contribution is 2.60. The molecular weight excluding hydrogens is 358 g/mol. The van der Waals surface area contributed by atoms with Gasteiger partial charge in [0.15, 0.2) is 0 Å². The van der Waals surface area contributed by atoms with E-state index in [2.05, 4.69) is 19.2 Å². The van der Waals surface area contributed by atoms with Crippen molar-refractivity contribution in [2.24, 2.45) is 35.5 Å². The molecule has 0 aromatic heterocycles. The van der Waals surface area contributed by atoms with Gasteiger partial charge in [-0.2, -0.15) is 0 Å². The Labute approximate surface area is 176 Å². The number of Topliss-reactive ketones (excluding diaryl/α,β-unsaturated/α-hetero) is 1. The van der Waals surface area contributed by atoms with Crippen molar-refractivity contribution in [2.75, 3.05) is 6.54 Å². The number of carbonyl (C=O) groups excluding carboxylic acids is 1. The Kier molecular flexibility index (Phi) is 4.54. The van der Waals surface area contributed by atoms with Crippen molar-refractivity contribution in [1.82, 2.24) is 5.32 Å². The number of ether oxygens (including phenoxy) is 1. The fourth-order valence-electron chi connectivity index (χ4n) is 9.06. The number of nitrogens with one attached hydrogen (secondary N) is 1. The maximum Gasteiger partial charge on any atom is 0.133 e. The molecule has 6 aliphatic rings. The summed E-state index contributed by atoms with van der Waals surface area (Å²) in [6.45, 7) is 6.08. The second-order valence-corrected chi connectivity index (χ2v) is 11.6. The summed E-state index contributed by atoms with van der Waals surface area (Å²) in [6.07, 6.45) is 13.7. The summed E-state index contributed by atoms with van der Waals surface area (Å²) in [7, 11) is 0. The van der Waals surface area contributed by atoms with Crippen molar-refractivity contribution in [3.63, 3.8) is 0 Å². The standard InChI is InChI=1S/C26H39NO2/c1-15-14-26(16(2)25-24(29-26)4-3-11-27-25)10-9-21-20-7-5-17-12-18(28)6-8-19(17)23(20)13-22(15)21/h16-17,19-21,23-25,27H,3-14H2,1-2H3/t16-,17-,19?,20+,21+,23?,24-,25?,26+/m1/s1. The van der Waals surface area contributed by atoms with E-state index in [9.17, 15) is 4.79 Å². The molecule has 2 heterocycles. The van der Waals surface area contributed by atoms with Gasteiger partial charge in [-0.05, 0) is 101 Å². The third-order valence-corrected chi connectivity index (χ3v) is 10.4. The third-order valence-electron chi connectivity index (χ3n) is 10.4. The van der Waals surface area contributed by atoms with Crippen molar-refractivity contribution in [3.05, 3.63) is 11.1 Å². The van der Waals surface area contributed by atoms with Gasteiger partial charge < -0.3 is 10.1 Å². The normalized spacial score (nSPS) is 52.0. The summed E-state index contributed by atoms with van der Waals surface area (Å²) >= 11 is 0. The number of allylic oxidation sites excluding steroid dienone is 1. The molecule has 29 heavy (non-hydrogen) atoms. The Balaban J connectivity index is 1.27. The van der Waals surface area contributed by atoms with Gasteiger partial charge >= 0.3 is 0 Å². The van der Waals surface area contributed by atoms with Crippen LogP contribution in [-0.4, -0.2) is 30.1 Å². The van der Waals surface area contributed by atoms with E-state index in [4.69, 9.17) is 4.74 Å². The maximum atomic E-state index is 12.0. The van der Waals surface area contributed by atoms with Crippen LogP contribution in [0.1, 0.15) is 84.5 Å². The number of hydrogen-bond donors (Lipinski definition) is 1. The van der Waals surface area contributed by atoms with Crippen molar-refractivity contribution < 1.29 is 9.53 Å². The van der Waals surface area contributed by atoms with Crippen molar-refractivity contribution in [1.29, 1.82) is 0 Å². The molecule has 3 saturated carbocycles. The van der Waals surface area contributed by atoms with E-state index in [1.807, 2.05) is 5.57 Å². The molecule has 160 valence electrons. The lowest BCUT2D eigenvalue weighted by molar-refractivity contribution is -0.124. The zero-order valence-corrected chi connectivity index (χ0v) is 18.4.